The Hall–Kier alpha value is -3.16. The van der Waals surface area contributed by atoms with Crippen LogP contribution in [-0.4, -0.2) is 60.0 Å². The predicted molar refractivity (Wildman–Crippen MR) is 129 cm³/mol. The zero-order chi connectivity index (χ0) is 21.0. The van der Waals surface area contributed by atoms with E-state index in [1.54, 1.807) is 18.5 Å². The maximum absolute atomic E-state index is 12.3. The smallest absolute Gasteiger partial charge is 0.269 e. The Morgan fingerprint density at radius 1 is 1.03 bits per heavy atom. The van der Waals surface area contributed by atoms with Crippen molar-refractivity contribution in [3.63, 3.8) is 0 Å². The zero-order valence-electron chi connectivity index (χ0n) is 17.7. The summed E-state index contributed by atoms with van der Waals surface area (Å²) in [4.78, 5) is 26.0. The number of fused-ring (bicyclic) bond motifs is 2. The molecule has 1 amide bonds. The molecule has 0 unspecified atom stereocenters. The van der Waals surface area contributed by atoms with Crippen molar-refractivity contribution in [3.8, 4) is 0 Å². The number of nitrogens with one attached hydrogen (secondary N) is 1. The van der Waals surface area contributed by atoms with Crippen LogP contribution in [0.5, 0.6) is 0 Å². The summed E-state index contributed by atoms with van der Waals surface area (Å²) in [6.45, 7) is 5.51. The lowest BCUT2D eigenvalue weighted by atomic mass is 10.1. The second kappa shape index (κ2) is 9.97. The van der Waals surface area contributed by atoms with Gasteiger partial charge >= 0.3 is 0 Å². The van der Waals surface area contributed by atoms with Gasteiger partial charge in [-0.15, -0.1) is 12.4 Å². The van der Waals surface area contributed by atoms with Crippen molar-refractivity contribution >= 4 is 45.9 Å². The molecule has 0 spiro atoms. The Kier molecular flexibility index (Phi) is 6.87. The highest BCUT2D eigenvalue weighted by Gasteiger charge is 2.19. The Bertz CT molecular complexity index is 1200. The van der Waals surface area contributed by atoms with Crippen LogP contribution in [0.15, 0.2) is 65.5 Å². The second-order valence-corrected chi connectivity index (χ2v) is 7.82. The molecule has 5 rings (SSSR count). The SMILES string of the molecule is Cl.O=C(NCCCN1CCN(c2nccc3ccccc23)CC1)c1cc2ccoc2cn1. The van der Waals surface area contributed by atoms with E-state index >= 15 is 0 Å². The molecule has 166 valence electrons. The fourth-order valence-corrected chi connectivity index (χ4v) is 4.13. The van der Waals surface area contributed by atoms with Gasteiger partial charge in [-0.3, -0.25) is 9.69 Å². The number of benzene rings is 1. The van der Waals surface area contributed by atoms with Crippen molar-refractivity contribution in [2.75, 3.05) is 44.2 Å². The van der Waals surface area contributed by atoms with Crippen molar-refractivity contribution in [1.82, 2.24) is 20.2 Å². The lowest BCUT2D eigenvalue weighted by molar-refractivity contribution is 0.0946. The Labute approximate surface area is 192 Å². The van der Waals surface area contributed by atoms with Crippen LogP contribution in [0.25, 0.3) is 21.7 Å². The van der Waals surface area contributed by atoms with Crippen molar-refractivity contribution < 1.29 is 9.21 Å². The van der Waals surface area contributed by atoms with Crippen LogP contribution in [-0.2, 0) is 0 Å². The second-order valence-electron chi connectivity index (χ2n) is 7.82. The van der Waals surface area contributed by atoms with Gasteiger partial charge in [-0.25, -0.2) is 9.97 Å². The van der Waals surface area contributed by atoms with Gasteiger partial charge in [0.05, 0.1) is 12.5 Å². The van der Waals surface area contributed by atoms with Crippen LogP contribution >= 0.6 is 12.4 Å². The van der Waals surface area contributed by atoms with E-state index in [0.717, 1.165) is 50.3 Å². The Morgan fingerprint density at radius 3 is 2.75 bits per heavy atom. The molecular weight excluding hydrogens is 426 g/mol. The summed E-state index contributed by atoms with van der Waals surface area (Å²) in [7, 11) is 0. The largest absolute Gasteiger partial charge is 0.463 e. The van der Waals surface area contributed by atoms with E-state index in [0.29, 0.717) is 17.8 Å². The zero-order valence-corrected chi connectivity index (χ0v) is 18.6. The first-order chi connectivity index (χ1) is 15.3. The molecule has 3 aromatic heterocycles. The van der Waals surface area contributed by atoms with E-state index < -0.39 is 0 Å². The number of aromatic nitrogens is 2. The summed E-state index contributed by atoms with van der Waals surface area (Å²) in [5.41, 5.74) is 1.11. The van der Waals surface area contributed by atoms with Crippen LogP contribution in [0.2, 0.25) is 0 Å². The first-order valence-corrected chi connectivity index (χ1v) is 10.7. The fraction of sp³-hybridized carbons (Fsp3) is 0.292. The summed E-state index contributed by atoms with van der Waals surface area (Å²) in [6, 6.07) is 14.1. The predicted octanol–water partition coefficient (Wildman–Crippen LogP) is 3.74. The quantitative estimate of drug-likeness (QED) is 0.450. The van der Waals surface area contributed by atoms with Crippen LogP contribution in [0.4, 0.5) is 5.82 Å². The van der Waals surface area contributed by atoms with Crippen LogP contribution < -0.4 is 10.2 Å². The van der Waals surface area contributed by atoms with Gasteiger partial charge in [-0.2, -0.15) is 0 Å². The number of amides is 1. The van der Waals surface area contributed by atoms with Gasteiger partial charge in [0, 0.05) is 49.7 Å². The average Bonchev–Trinajstić information content (AvgIpc) is 3.30. The first-order valence-electron chi connectivity index (χ1n) is 10.7. The van der Waals surface area contributed by atoms with Gasteiger partial charge in [0.1, 0.15) is 11.5 Å². The first kappa shape index (κ1) is 22.0. The molecule has 1 aliphatic rings. The van der Waals surface area contributed by atoms with Crippen molar-refractivity contribution in [1.29, 1.82) is 0 Å². The minimum atomic E-state index is -0.144. The fourth-order valence-electron chi connectivity index (χ4n) is 4.13. The number of halogens is 1. The average molecular weight is 452 g/mol. The molecule has 0 atom stereocenters. The standard InChI is InChI=1S/C24H25N5O2.ClH/c30-24(21-16-19-7-15-31-22(19)17-27-21)26-8-3-10-28-11-13-29(14-12-28)23-20-5-2-1-4-18(20)6-9-25-23;/h1-2,4-7,9,15-17H,3,8,10-14H2,(H,26,30);1H. The maximum atomic E-state index is 12.3. The minimum Gasteiger partial charge on any atom is -0.463 e. The number of pyridine rings is 2. The van der Waals surface area contributed by atoms with E-state index in [1.807, 2.05) is 12.3 Å². The number of carbonyl (C=O) groups excluding carboxylic acids is 1. The number of rotatable bonds is 6. The number of hydrogen-bond donors (Lipinski definition) is 1. The highest BCUT2D eigenvalue weighted by Crippen LogP contribution is 2.25. The normalized spacial score (nSPS) is 14.4. The van der Waals surface area contributed by atoms with E-state index in [4.69, 9.17) is 4.42 Å². The molecule has 0 bridgehead atoms. The topological polar surface area (TPSA) is 74.5 Å². The third kappa shape index (κ3) is 4.69. The van der Waals surface area contributed by atoms with E-state index in [9.17, 15) is 4.79 Å². The van der Waals surface area contributed by atoms with E-state index in [-0.39, 0.29) is 18.3 Å². The third-order valence-corrected chi connectivity index (χ3v) is 5.83. The number of anilines is 1. The third-order valence-electron chi connectivity index (χ3n) is 5.83. The number of nitrogens with zero attached hydrogens (tertiary/aromatic N) is 4. The summed E-state index contributed by atoms with van der Waals surface area (Å²) >= 11 is 0. The molecule has 1 N–H and O–H groups in total. The molecule has 1 aromatic carbocycles. The summed E-state index contributed by atoms with van der Waals surface area (Å²) < 4.78 is 5.27. The molecular formula is C24H26ClN5O2. The maximum Gasteiger partial charge on any atom is 0.269 e. The van der Waals surface area contributed by atoms with Gasteiger partial charge in [0.25, 0.3) is 5.91 Å². The summed E-state index contributed by atoms with van der Waals surface area (Å²) in [6.07, 6.45) is 6.00. The molecule has 0 radical (unpaired) electrons. The monoisotopic (exact) mass is 451 g/mol. The molecule has 8 heteroatoms. The van der Waals surface area contributed by atoms with Crippen molar-refractivity contribution in [2.45, 2.75) is 6.42 Å². The molecule has 7 nitrogen and oxygen atoms in total. The molecule has 0 saturated carbocycles. The minimum absolute atomic E-state index is 0. The van der Waals surface area contributed by atoms with Crippen LogP contribution in [0.3, 0.4) is 0 Å². The van der Waals surface area contributed by atoms with Gasteiger partial charge in [-0.05, 0) is 36.6 Å². The molecule has 1 saturated heterocycles. The van der Waals surface area contributed by atoms with Crippen molar-refractivity contribution in [2.24, 2.45) is 0 Å². The number of piperazine rings is 1. The Morgan fingerprint density at radius 2 is 1.88 bits per heavy atom. The van der Waals surface area contributed by atoms with Gasteiger partial charge in [0.15, 0.2) is 5.58 Å². The van der Waals surface area contributed by atoms with E-state index in [1.165, 1.54) is 10.8 Å². The van der Waals surface area contributed by atoms with E-state index in [2.05, 4.69) is 55.4 Å². The number of furan rings is 1. The summed E-state index contributed by atoms with van der Waals surface area (Å²) in [5, 5.41) is 6.30. The highest BCUT2D eigenvalue weighted by molar-refractivity contribution is 5.95. The molecule has 32 heavy (non-hydrogen) atoms. The van der Waals surface area contributed by atoms with Gasteiger partial charge in [0.2, 0.25) is 0 Å². The molecule has 1 fully saturated rings. The Balaban J connectivity index is 0.00000245. The summed E-state index contributed by atoms with van der Waals surface area (Å²) in [5.74, 6) is 0.932. The lowest BCUT2D eigenvalue weighted by Crippen LogP contribution is -2.47. The van der Waals surface area contributed by atoms with Crippen molar-refractivity contribution in [3.05, 3.63) is 66.8 Å². The highest BCUT2D eigenvalue weighted by atomic mass is 35.5. The number of hydrogen-bond acceptors (Lipinski definition) is 6. The molecule has 4 heterocycles. The molecule has 1 aliphatic heterocycles. The van der Waals surface area contributed by atoms with Crippen LogP contribution in [0, 0.1) is 0 Å². The molecule has 0 aliphatic carbocycles. The van der Waals surface area contributed by atoms with Gasteiger partial charge in [-0.1, -0.05) is 24.3 Å². The van der Waals surface area contributed by atoms with Gasteiger partial charge < -0.3 is 14.6 Å². The number of carbonyl (C=O) groups is 1. The molecule has 4 aromatic rings. The lowest BCUT2D eigenvalue weighted by Gasteiger charge is -2.35. The van der Waals surface area contributed by atoms with Crippen LogP contribution in [0.1, 0.15) is 16.9 Å².